The number of halogens is 1. The van der Waals surface area contributed by atoms with Crippen LogP contribution in [0.25, 0.3) is 0 Å². The first-order chi connectivity index (χ1) is 6.75. The van der Waals surface area contributed by atoms with Crippen LogP contribution in [-0.4, -0.2) is 29.3 Å². The Kier molecular flexibility index (Phi) is 3.03. The van der Waals surface area contributed by atoms with Crippen molar-refractivity contribution in [3.8, 4) is 0 Å². The summed E-state index contributed by atoms with van der Waals surface area (Å²) in [5.41, 5.74) is 0. The Labute approximate surface area is 91.9 Å². The highest BCUT2D eigenvalue weighted by Crippen LogP contribution is 2.19. The molecule has 0 amide bonds. The van der Waals surface area contributed by atoms with Gasteiger partial charge in [0, 0.05) is 23.8 Å². The Hall–Kier alpha value is -0.610. The van der Waals surface area contributed by atoms with Crippen LogP contribution in [0.2, 0.25) is 0 Å². The van der Waals surface area contributed by atoms with Crippen LogP contribution < -0.4 is 4.90 Å². The van der Waals surface area contributed by atoms with E-state index in [0.29, 0.717) is 0 Å². The number of pyridine rings is 1. The fourth-order valence-corrected chi connectivity index (χ4v) is 1.88. The molecule has 2 rings (SSSR count). The van der Waals surface area contributed by atoms with Crippen LogP contribution >= 0.6 is 15.9 Å². The van der Waals surface area contributed by atoms with Crippen molar-refractivity contribution in [2.45, 2.75) is 18.9 Å². The molecule has 14 heavy (non-hydrogen) atoms. The number of aliphatic hydroxyl groups excluding tert-OH is 1. The Morgan fingerprint density at radius 1 is 1.36 bits per heavy atom. The fraction of sp³-hybridized carbons (Fsp3) is 0.500. The maximum absolute atomic E-state index is 9.36. The first-order valence-electron chi connectivity index (χ1n) is 4.80. The monoisotopic (exact) mass is 256 g/mol. The van der Waals surface area contributed by atoms with E-state index in [2.05, 4.69) is 25.8 Å². The maximum atomic E-state index is 9.36. The maximum Gasteiger partial charge on any atom is 0.128 e. The molecule has 1 aliphatic rings. The number of hydrogen-bond donors (Lipinski definition) is 1. The molecule has 0 spiro atoms. The molecule has 2 heterocycles. The Morgan fingerprint density at radius 3 is 2.64 bits per heavy atom. The van der Waals surface area contributed by atoms with Gasteiger partial charge in [0.2, 0.25) is 0 Å². The zero-order chi connectivity index (χ0) is 9.97. The number of aliphatic hydroxyl groups is 1. The summed E-state index contributed by atoms with van der Waals surface area (Å²) in [5.74, 6) is 1.00. The quantitative estimate of drug-likeness (QED) is 0.833. The van der Waals surface area contributed by atoms with Gasteiger partial charge in [-0.25, -0.2) is 4.98 Å². The zero-order valence-corrected chi connectivity index (χ0v) is 9.44. The first-order valence-corrected chi connectivity index (χ1v) is 5.59. The van der Waals surface area contributed by atoms with Crippen molar-refractivity contribution in [2.75, 3.05) is 18.0 Å². The van der Waals surface area contributed by atoms with Gasteiger partial charge in [0.15, 0.2) is 0 Å². The molecule has 0 atom stereocenters. The number of piperidine rings is 1. The van der Waals surface area contributed by atoms with Gasteiger partial charge in [-0.1, -0.05) is 0 Å². The van der Waals surface area contributed by atoms with Crippen LogP contribution in [0, 0.1) is 0 Å². The number of rotatable bonds is 1. The summed E-state index contributed by atoms with van der Waals surface area (Å²) in [7, 11) is 0. The van der Waals surface area contributed by atoms with Gasteiger partial charge in [-0.3, -0.25) is 0 Å². The van der Waals surface area contributed by atoms with Gasteiger partial charge >= 0.3 is 0 Å². The van der Waals surface area contributed by atoms with Gasteiger partial charge in [-0.2, -0.15) is 0 Å². The molecule has 1 saturated heterocycles. The van der Waals surface area contributed by atoms with Crippen molar-refractivity contribution in [3.63, 3.8) is 0 Å². The smallest absolute Gasteiger partial charge is 0.128 e. The second-order valence-electron chi connectivity index (χ2n) is 3.55. The van der Waals surface area contributed by atoms with Crippen molar-refractivity contribution < 1.29 is 5.11 Å². The third kappa shape index (κ3) is 2.25. The first kappa shape index (κ1) is 9.93. The minimum absolute atomic E-state index is 0.123. The molecule has 0 unspecified atom stereocenters. The molecular weight excluding hydrogens is 244 g/mol. The van der Waals surface area contributed by atoms with E-state index in [9.17, 15) is 5.11 Å². The lowest BCUT2D eigenvalue weighted by molar-refractivity contribution is 0.145. The van der Waals surface area contributed by atoms with Gasteiger partial charge in [0.05, 0.1) is 6.10 Å². The van der Waals surface area contributed by atoms with Crippen LogP contribution in [0.5, 0.6) is 0 Å². The summed E-state index contributed by atoms with van der Waals surface area (Å²) < 4.78 is 0.998. The zero-order valence-electron chi connectivity index (χ0n) is 7.86. The lowest BCUT2D eigenvalue weighted by atomic mass is 10.1. The predicted molar refractivity (Wildman–Crippen MR) is 59.4 cm³/mol. The van der Waals surface area contributed by atoms with Crippen molar-refractivity contribution >= 4 is 21.7 Å². The van der Waals surface area contributed by atoms with E-state index in [1.807, 2.05) is 12.1 Å². The molecule has 0 aliphatic carbocycles. The third-order valence-electron chi connectivity index (χ3n) is 2.50. The number of nitrogens with zero attached hydrogens (tertiary/aromatic N) is 2. The lowest BCUT2D eigenvalue weighted by Crippen LogP contribution is -2.36. The second kappa shape index (κ2) is 4.28. The topological polar surface area (TPSA) is 36.4 Å². The number of aromatic nitrogens is 1. The van der Waals surface area contributed by atoms with Gasteiger partial charge < -0.3 is 10.0 Å². The molecule has 0 aromatic carbocycles. The summed E-state index contributed by atoms with van der Waals surface area (Å²) in [6, 6.07) is 4.00. The largest absolute Gasteiger partial charge is 0.393 e. The van der Waals surface area contributed by atoms with Crippen molar-refractivity contribution in [2.24, 2.45) is 0 Å². The van der Waals surface area contributed by atoms with Crippen LogP contribution in [-0.2, 0) is 0 Å². The third-order valence-corrected chi connectivity index (χ3v) is 2.97. The van der Waals surface area contributed by atoms with E-state index in [1.165, 1.54) is 0 Å². The van der Waals surface area contributed by atoms with Crippen molar-refractivity contribution in [1.29, 1.82) is 0 Å². The van der Waals surface area contributed by atoms with Crippen molar-refractivity contribution in [3.05, 3.63) is 22.8 Å². The second-order valence-corrected chi connectivity index (χ2v) is 4.47. The minimum atomic E-state index is -0.123. The van der Waals surface area contributed by atoms with E-state index >= 15 is 0 Å². The summed E-state index contributed by atoms with van der Waals surface area (Å²) >= 11 is 3.36. The van der Waals surface area contributed by atoms with Gasteiger partial charge in [-0.15, -0.1) is 0 Å². The standard InChI is InChI=1S/C10H13BrN2O/c11-8-1-2-10(12-7-8)13-5-3-9(14)4-6-13/h1-2,7,9,14H,3-6H2. The molecule has 1 aromatic rings. The predicted octanol–water partition coefficient (Wildman–Crippen LogP) is 1.81. The lowest BCUT2D eigenvalue weighted by Gasteiger charge is -2.30. The Bertz CT molecular complexity index is 293. The molecule has 4 heteroatoms. The van der Waals surface area contributed by atoms with E-state index in [1.54, 1.807) is 6.20 Å². The Balaban J connectivity index is 2.05. The summed E-state index contributed by atoms with van der Waals surface area (Å²) in [6.07, 6.45) is 3.37. The van der Waals surface area contributed by atoms with Crippen molar-refractivity contribution in [1.82, 2.24) is 4.98 Å². The van der Waals surface area contributed by atoms with Gasteiger partial charge in [0.1, 0.15) is 5.82 Å². The van der Waals surface area contributed by atoms with Crippen LogP contribution in [0.3, 0.4) is 0 Å². The molecule has 76 valence electrons. The van der Waals surface area contributed by atoms with Crippen LogP contribution in [0.15, 0.2) is 22.8 Å². The Morgan fingerprint density at radius 2 is 2.07 bits per heavy atom. The van der Waals surface area contributed by atoms with Gasteiger partial charge in [-0.05, 0) is 40.9 Å². The number of hydrogen-bond acceptors (Lipinski definition) is 3. The summed E-state index contributed by atoms with van der Waals surface area (Å²) in [5, 5.41) is 9.36. The van der Waals surface area contributed by atoms with E-state index in [0.717, 1.165) is 36.2 Å². The molecule has 1 N–H and O–H groups in total. The molecule has 0 saturated carbocycles. The van der Waals surface area contributed by atoms with Gasteiger partial charge in [0.25, 0.3) is 0 Å². The van der Waals surface area contributed by atoms with Crippen LogP contribution in [0.1, 0.15) is 12.8 Å². The highest BCUT2D eigenvalue weighted by atomic mass is 79.9. The summed E-state index contributed by atoms with van der Waals surface area (Å²) in [4.78, 5) is 6.53. The minimum Gasteiger partial charge on any atom is -0.393 e. The molecule has 1 aliphatic heterocycles. The average Bonchev–Trinajstić information content (AvgIpc) is 2.21. The molecule has 3 nitrogen and oxygen atoms in total. The molecule has 0 radical (unpaired) electrons. The number of anilines is 1. The van der Waals surface area contributed by atoms with Crippen LogP contribution in [0.4, 0.5) is 5.82 Å². The molecule has 1 aromatic heterocycles. The highest BCUT2D eigenvalue weighted by molar-refractivity contribution is 9.10. The SMILES string of the molecule is OC1CCN(c2ccc(Br)cn2)CC1. The molecule has 1 fully saturated rings. The van der Waals surface area contributed by atoms with E-state index in [-0.39, 0.29) is 6.10 Å². The molecule has 0 bridgehead atoms. The normalized spacial score (nSPS) is 18.6. The molecular formula is C10H13BrN2O. The average molecular weight is 257 g/mol. The van der Waals surface area contributed by atoms with E-state index < -0.39 is 0 Å². The van der Waals surface area contributed by atoms with E-state index in [4.69, 9.17) is 0 Å². The fourth-order valence-electron chi connectivity index (χ4n) is 1.65. The summed E-state index contributed by atoms with van der Waals surface area (Å²) in [6.45, 7) is 1.80. The highest BCUT2D eigenvalue weighted by Gasteiger charge is 2.17.